The summed E-state index contributed by atoms with van der Waals surface area (Å²) in [6.45, 7) is 1.06. The van der Waals surface area contributed by atoms with Gasteiger partial charge in [0.2, 0.25) is 0 Å². The summed E-state index contributed by atoms with van der Waals surface area (Å²) >= 11 is 0. The minimum absolute atomic E-state index is 0.644. The summed E-state index contributed by atoms with van der Waals surface area (Å²) in [5, 5.41) is 8.93. The van der Waals surface area contributed by atoms with Gasteiger partial charge in [0.1, 0.15) is 11.9 Å². The van der Waals surface area contributed by atoms with Gasteiger partial charge in [-0.25, -0.2) is 4.99 Å². The maximum Gasteiger partial charge on any atom is 0.105 e. The lowest BCUT2D eigenvalue weighted by Crippen LogP contribution is -2.18. The lowest BCUT2D eigenvalue weighted by molar-refractivity contribution is 0.550. The zero-order valence-corrected chi connectivity index (χ0v) is 8.77. The molecule has 1 aliphatic heterocycles. The van der Waals surface area contributed by atoms with Crippen molar-refractivity contribution >= 4 is 11.5 Å². The number of likely N-dealkylation sites (tertiary alicyclic amines) is 1. The summed E-state index contributed by atoms with van der Waals surface area (Å²) in [6.07, 6.45) is 2.17. The molecule has 1 aliphatic rings. The van der Waals surface area contributed by atoms with Gasteiger partial charge < -0.3 is 4.90 Å². The molecule has 0 aliphatic carbocycles. The number of rotatable bonds is 1. The average molecular weight is 199 g/mol. The Morgan fingerprint density at radius 2 is 2.20 bits per heavy atom. The zero-order valence-electron chi connectivity index (χ0n) is 8.77. The highest BCUT2D eigenvalue weighted by molar-refractivity contribution is 5.86. The summed E-state index contributed by atoms with van der Waals surface area (Å²) in [5.41, 5.74) is 1.43. The maximum absolute atomic E-state index is 8.93. The summed E-state index contributed by atoms with van der Waals surface area (Å²) in [4.78, 5) is 6.68. The van der Waals surface area contributed by atoms with Crippen LogP contribution in [-0.4, -0.2) is 24.3 Å². The molecule has 1 aromatic rings. The third-order valence-electron chi connectivity index (χ3n) is 2.61. The predicted octanol–water partition coefficient (Wildman–Crippen LogP) is 2.31. The summed E-state index contributed by atoms with van der Waals surface area (Å²) < 4.78 is 0. The molecule has 0 N–H and O–H groups in total. The molecule has 15 heavy (non-hydrogen) atoms. The van der Waals surface area contributed by atoms with Crippen LogP contribution in [0.25, 0.3) is 0 Å². The molecule has 0 spiro atoms. The second kappa shape index (κ2) is 4.14. The van der Waals surface area contributed by atoms with E-state index >= 15 is 0 Å². The monoisotopic (exact) mass is 199 g/mol. The van der Waals surface area contributed by atoms with E-state index in [0.717, 1.165) is 30.9 Å². The predicted molar refractivity (Wildman–Crippen MR) is 60.1 cm³/mol. The van der Waals surface area contributed by atoms with Crippen LogP contribution in [0.1, 0.15) is 18.4 Å². The van der Waals surface area contributed by atoms with Gasteiger partial charge in [-0.1, -0.05) is 12.1 Å². The fourth-order valence-corrected chi connectivity index (χ4v) is 1.74. The first-order valence-electron chi connectivity index (χ1n) is 5.09. The molecule has 0 saturated carbocycles. The molecule has 3 nitrogen and oxygen atoms in total. The Morgan fingerprint density at radius 3 is 2.87 bits per heavy atom. The Labute approximate surface area is 89.7 Å². The van der Waals surface area contributed by atoms with E-state index in [4.69, 9.17) is 5.26 Å². The highest BCUT2D eigenvalue weighted by Gasteiger charge is 2.14. The molecule has 0 radical (unpaired) electrons. The molecule has 0 amide bonds. The first kappa shape index (κ1) is 9.72. The summed E-state index contributed by atoms with van der Waals surface area (Å²) in [6, 6.07) is 9.62. The van der Waals surface area contributed by atoms with Gasteiger partial charge in [-0.2, -0.15) is 5.26 Å². The van der Waals surface area contributed by atoms with Gasteiger partial charge in [0, 0.05) is 20.0 Å². The molecule has 2 rings (SSSR count). The first-order valence-corrected chi connectivity index (χ1v) is 5.09. The second-order valence-electron chi connectivity index (χ2n) is 3.68. The zero-order chi connectivity index (χ0) is 10.7. The molecule has 1 saturated heterocycles. The fraction of sp³-hybridized carbons (Fsp3) is 0.333. The minimum atomic E-state index is 0.644. The van der Waals surface area contributed by atoms with Crippen molar-refractivity contribution in [2.24, 2.45) is 4.99 Å². The Bertz CT molecular complexity index is 429. The highest BCUT2D eigenvalue weighted by atomic mass is 15.2. The van der Waals surface area contributed by atoms with Gasteiger partial charge >= 0.3 is 0 Å². The highest BCUT2D eigenvalue weighted by Crippen LogP contribution is 2.20. The van der Waals surface area contributed by atoms with E-state index in [-0.39, 0.29) is 0 Å². The molecule has 0 bridgehead atoms. The number of nitriles is 1. The lowest BCUT2D eigenvalue weighted by Gasteiger charge is -2.11. The third-order valence-corrected chi connectivity index (χ3v) is 2.61. The molecule has 1 heterocycles. The van der Waals surface area contributed by atoms with Crippen molar-refractivity contribution in [3.63, 3.8) is 0 Å². The van der Waals surface area contributed by atoms with Gasteiger partial charge in [-0.3, -0.25) is 0 Å². The van der Waals surface area contributed by atoms with Gasteiger partial charge in [-0.05, 0) is 18.6 Å². The molecular weight excluding hydrogens is 186 g/mol. The molecule has 0 aromatic heterocycles. The van der Waals surface area contributed by atoms with Crippen LogP contribution in [0.15, 0.2) is 29.3 Å². The van der Waals surface area contributed by atoms with Crippen molar-refractivity contribution < 1.29 is 0 Å². The average Bonchev–Trinajstić information content (AvgIpc) is 2.65. The molecule has 1 aromatic carbocycles. The van der Waals surface area contributed by atoms with Crippen molar-refractivity contribution in [1.29, 1.82) is 5.26 Å². The molecular formula is C12H13N3. The van der Waals surface area contributed by atoms with Crippen LogP contribution in [0, 0.1) is 11.3 Å². The van der Waals surface area contributed by atoms with Gasteiger partial charge in [0.05, 0.1) is 11.3 Å². The number of benzene rings is 1. The molecule has 0 atom stereocenters. The smallest absolute Gasteiger partial charge is 0.105 e. The normalized spacial score (nSPS) is 18.1. The van der Waals surface area contributed by atoms with Gasteiger partial charge in [0.15, 0.2) is 0 Å². The van der Waals surface area contributed by atoms with Crippen LogP contribution in [-0.2, 0) is 0 Å². The van der Waals surface area contributed by atoms with E-state index < -0.39 is 0 Å². The third kappa shape index (κ3) is 1.99. The van der Waals surface area contributed by atoms with Crippen molar-refractivity contribution in [1.82, 2.24) is 4.90 Å². The number of aliphatic imine (C=N–C) groups is 1. The second-order valence-corrected chi connectivity index (χ2v) is 3.68. The van der Waals surface area contributed by atoms with Crippen LogP contribution in [0.5, 0.6) is 0 Å². The fourth-order valence-electron chi connectivity index (χ4n) is 1.74. The molecule has 3 heteroatoms. The molecule has 1 fully saturated rings. The number of hydrogen-bond acceptors (Lipinski definition) is 2. The Morgan fingerprint density at radius 1 is 1.40 bits per heavy atom. The first-order chi connectivity index (χ1) is 7.31. The van der Waals surface area contributed by atoms with Crippen molar-refractivity contribution in [3.8, 4) is 6.07 Å². The Kier molecular flexibility index (Phi) is 2.68. The van der Waals surface area contributed by atoms with Crippen LogP contribution in [0.4, 0.5) is 5.69 Å². The topological polar surface area (TPSA) is 39.4 Å². The summed E-state index contributed by atoms with van der Waals surface area (Å²) in [5.74, 6) is 1.08. The molecule has 0 unspecified atom stereocenters. The van der Waals surface area contributed by atoms with E-state index in [1.54, 1.807) is 6.07 Å². The SMILES string of the molecule is CN1CCCC1=Nc1ccccc1C#N. The van der Waals surface area contributed by atoms with Crippen molar-refractivity contribution in [2.75, 3.05) is 13.6 Å². The Balaban J connectivity index is 2.35. The van der Waals surface area contributed by atoms with Crippen molar-refractivity contribution in [3.05, 3.63) is 29.8 Å². The number of hydrogen-bond donors (Lipinski definition) is 0. The van der Waals surface area contributed by atoms with E-state index in [9.17, 15) is 0 Å². The quantitative estimate of drug-likeness (QED) is 0.696. The van der Waals surface area contributed by atoms with E-state index in [2.05, 4.69) is 16.0 Å². The number of para-hydroxylation sites is 1. The van der Waals surface area contributed by atoms with Gasteiger partial charge in [0.25, 0.3) is 0 Å². The molecule has 76 valence electrons. The van der Waals surface area contributed by atoms with Crippen LogP contribution < -0.4 is 0 Å². The Hall–Kier alpha value is -1.82. The standard InChI is InChI=1S/C12H13N3/c1-15-8-4-7-12(15)14-11-6-3-2-5-10(11)9-13/h2-3,5-6H,4,7-8H2,1H3. The largest absolute Gasteiger partial charge is 0.363 e. The van der Waals surface area contributed by atoms with Gasteiger partial charge in [-0.15, -0.1) is 0 Å². The number of amidine groups is 1. The van der Waals surface area contributed by atoms with E-state index in [1.807, 2.05) is 25.2 Å². The van der Waals surface area contributed by atoms with Crippen LogP contribution in [0.2, 0.25) is 0 Å². The van der Waals surface area contributed by atoms with E-state index in [0.29, 0.717) is 5.56 Å². The maximum atomic E-state index is 8.93. The minimum Gasteiger partial charge on any atom is -0.363 e. The van der Waals surface area contributed by atoms with Crippen molar-refractivity contribution in [2.45, 2.75) is 12.8 Å². The summed E-state index contributed by atoms with van der Waals surface area (Å²) in [7, 11) is 2.04. The van der Waals surface area contributed by atoms with Crippen LogP contribution >= 0.6 is 0 Å². The van der Waals surface area contributed by atoms with E-state index in [1.165, 1.54) is 0 Å². The van der Waals surface area contributed by atoms with Crippen LogP contribution in [0.3, 0.4) is 0 Å². The number of nitrogens with zero attached hydrogens (tertiary/aromatic N) is 3. The lowest BCUT2D eigenvalue weighted by atomic mass is 10.2.